The van der Waals surface area contributed by atoms with Crippen LogP contribution in [0.5, 0.6) is 5.75 Å². The molecule has 0 atom stereocenters. The van der Waals surface area contributed by atoms with Crippen molar-refractivity contribution in [3.8, 4) is 5.75 Å². The summed E-state index contributed by atoms with van der Waals surface area (Å²) in [6.07, 6.45) is 0. The van der Waals surface area contributed by atoms with Crippen LogP contribution in [0.1, 0.15) is 32.9 Å². The van der Waals surface area contributed by atoms with Gasteiger partial charge in [0.15, 0.2) is 12.4 Å². The zero-order valence-corrected chi connectivity index (χ0v) is 14.2. The number of rotatable bonds is 6. The monoisotopic (exact) mass is 337 g/mol. The van der Waals surface area contributed by atoms with Gasteiger partial charge >= 0.3 is 5.97 Å². The van der Waals surface area contributed by atoms with Crippen molar-refractivity contribution in [2.24, 2.45) is 0 Å². The second kappa shape index (κ2) is 7.66. The lowest BCUT2D eigenvalue weighted by atomic mass is 10.1. The van der Waals surface area contributed by atoms with Gasteiger partial charge in [-0.05, 0) is 31.5 Å². The zero-order valence-electron chi connectivity index (χ0n) is 14.2. The van der Waals surface area contributed by atoms with Crippen molar-refractivity contribution < 1.29 is 18.8 Å². The Morgan fingerprint density at radius 2 is 1.88 bits per heavy atom. The summed E-state index contributed by atoms with van der Waals surface area (Å²) < 4.78 is 16.1. The number of benzene rings is 2. The van der Waals surface area contributed by atoms with E-state index in [4.69, 9.17) is 14.0 Å². The number of aromatic nitrogens is 1. The molecule has 2 aromatic carbocycles. The largest absolute Gasteiger partial charge is 0.488 e. The van der Waals surface area contributed by atoms with E-state index in [9.17, 15) is 4.79 Å². The Hall–Kier alpha value is -3.08. The molecule has 1 aromatic heterocycles. The molecule has 0 aliphatic carbocycles. The van der Waals surface area contributed by atoms with E-state index in [1.165, 1.54) is 0 Å². The standard InChI is InChI=1S/C20H19NO4/c1-14-6-5-7-16(10-14)12-23-19-9-4-3-8-18(19)20(22)24-13-17-11-15(2)21-25-17/h3-11H,12-13H2,1-2H3. The van der Waals surface area contributed by atoms with Gasteiger partial charge in [-0.25, -0.2) is 4.79 Å². The molecule has 0 unspecified atom stereocenters. The molecule has 0 saturated carbocycles. The first-order valence-corrected chi connectivity index (χ1v) is 7.98. The minimum Gasteiger partial charge on any atom is -0.488 e. The fourth-order valence-electron chi connectivity index (χ4n) is 2.42. The predicted molar refractivity (Wildman–Crippen MR) is 92.3 cm³/mol. The van der Waals surface area contributed by atoms with Crippen LogP contribution in [0.25, 0.3) is 0 Å². The van der Waals surface area contributed by atoms with Gasteiger partial charge in [-0.15, -0.1) is 0 Å². The molecule has 3 aromatic rings. The average Bonchev–Trinajstić information content (AvgIpc) is 3.03. The summed E-state index contributed by atoms with van der Waals surface area (Å²) in [5.41, 5.74) is 3.33. The molecule has 0 radical (unpaired) electrons. The van der Waals surface area contributed by atoms with Crippen LogP contribution < -0.4 is 4.74 Å². The number of aryl methyl sites for hydroxylation is 2. The smallest absolute Gasteiger partial charge is 0.342 e. The van der Waals surface area contributed by atoms with Crippen LogP contribution in [0, 0.1) is 13.8 Å². The number of esters is 1. The molecule has 5 heteroatoms. The van der Waals surface area contributed by atoms with Crippen LogP contribution in [-0.2, 0) is 18.0 Å². The highest BCUT2D eigenvalue weighted by atomic mass is 16.6. The second-order valence-corrected chi connectivity index (χ2v) is 5.78. The highest BCUT2D eigenvalue weighted by Crippen LogP contribution is 2.21. The molecule has 0 spiro atoms. The molecule has 0 fully saturated rings. The lowest BCUT2D eigenvalue weighted by Gasteiger charge is -2.11. The van der Waals surface area contributed by atoms with E-state index < -0.39 is 5.97 Å². The van der Waals surface area contributed by atoms with E-state index in [0.717, 1.165) is 16.8 Å². The minimum absolute atomic E-state index is 0.0336. The van der Waals surface area contributed by atoms with E-state index in [1.807, 2.05) is 44.2 Å². The van der Waals surface area contributed by atoms with Crippen molar-refractivity contribution in [2.75, 3.05) is 0 Å². The molecule has 0 saturated heterocycles. The third-order valence-electron chi connectivity index (χ3n) is 3.61. The average molecular weight is 337 g/mol. The topological polar surface area (TPSA) is 61.6 Å². The van der Waals surface area contributed by atoms with E-state index >= 15 is 0 Å². The van der Waals surface area contributed by atoms with Crippen molar-refractivity contribution in [2.45, 2.75) is 27.1 Å². The van der Waals surface area contributed by atoms with E-state index in [2.05, 4.69) is 5.16 Å². The Balaban J connectivity index is 1.66. The Morgan fingerprint density at radius 1 is 1.04 bits per heavy atom. The van der Waals surface area contributed by atoms with Crippen LogP contribution >= 0.6 is 0 Å². The summed E-state index contributed by atoms with van der Waals surface area (Å²) >= 11 is 0. The van der Waals surface area contributed by atoms with E-state index in [1.54, 1.807) is 24.3 Å². The summed E-state index contributed by atoms with van der Waals surface area (Å²) in [6.45, 7) is 4.25. The molecule has 5 nitrogen and oxygen atoms in total. The first-order chi connectivity index (χ1) is 12.1. The number of para-hydroxylation sites is 1. The molecule has 0 aliphatic rings. The SMILES string of the molecule is Cc1cccc(COc2ccccc2C(=O)OCc2cc(C)no2)c1. The van der Waals surface area contributed by atoms with Crippen molar-refractivity contribution >= 4 is 5.97 Å². The number of hydrogen-bond acceptors (Lipinski definition) is 5. The van der Waals surface area contributed by atoms with Gasteiger partial charge in [0, 0.05) is 6.07 Å². The van der Waals surface area contributed by atoms with Crippen LogP contribution in [0.3, 0.4) is 0 Å². The number of ether oxygens (including phenoxy) is 2. The maximum absolute atomic E-state index is 12.3. The van der Waals surface area contributed by atoms with Gasteiger partial charge < -0.3 is 14.0 Å². The third-order valence-corrected chi connectivity index (χ3v) is 3.61. The van der Waals surface area contributed by atoms with Crippen LogP contribution in [0.4, 0.5) is 0 Å². The lowest BCUT2D eigenvalue weighted by Crippen LogP contribution is -2.08. The highest BCUT2D eigenvalue weighted by molar-refractivity contribution is 5.92. The minimum atomic E-state index is -0.464. The predicted octanol–water partition coefficient (Wildman–Crippen LogP) is 4.23. The Morgan fingerprint density at radius 3 is 2.64 bits per heavy atom. The van der Waals surface area contributed by atoms with Crippen LogP contribution in [-0.4, -0.2) is 11.1 Å². The number of hydrogen-bond donors (Lipinski definition) is 0. The van der Waals surface area contributed by atoms with Gasteiger partial charge in [-0.1, -0.05) is 47.1 Å². The summed E-state index contributed by atoms with van der Waals surface area (Å²) in [5.74, 6) is 0.528. The van der Waals surface area contributed by atoms with E-state index in [0.29, 0.717) is 23.7 Å². The summed E-state index contributed by atoms with van der Waals surface area (Å²) in [5, 5.41) is 3.76. The molecule has 0 aliphatic heterocycles. The number of carbonyl (C=O) groups excluding carboxylic acids is 1. The van der Waals surface area contributed by atoms with Gasteiger partial charge in [-0.2, -0.15) is 0 Å². The third kappa shape index (κ3) is 4.47. The lowest BCUT2D eigenvalue weighted by molar-refractivity contribution is 0.0432. The number of nitrogens with zero attached hydrogens (tertiary/aromatic N) is 1. The molecular weight excluding hydrogens is 318 g/mol. The fourth-order valence-corrected chi connectivity index (χ4v) is 2.42. The van der Waals surface area contributed by atoms with Crippen molar-refractivity contribution in [3.63, 3.8) is 0 Å². The maximum atomic E-state index is 12.3. The first-order valence-electron chi connectivity index (χ1n) is 7.98. The van der Waals surface area contributed by atoms with Crippen molar-refractivity contribution in [1.29, 1.82) is 0 Å². The molecule has 0 bridgehead atoms. The Bertz CT molecular complexity index is 869. The first kappa shape index (κ1) is 16.8. The van der Waals surface area contributed by atoms with Gasteiger partial charge in [0.05, 0.1) is 5.69 Å². The molecular formula is C20H19NO4. The molecule has 0 N–H and O–H groups in total. The maximum Gasteiger partial charge on any atom is 0.342 e. The Kier molecular flexibility index (Phi) is 5.14. The van der Waals surface area contributed by atoms with Gasteiger partial charge in [0.1, 0.15) is 17.9 Å². The van der Waals surface area contributed by atoms with Crippen LogP contribution in [0.15, 0.2) is 59.1 Å². The zero-order chi connectivity index (χ0) is 17.6. The summed E-state index contributed by atoms with van der Waals surface area (Å²) in [4.78, 5) is 12.3. The molecule has 0 amide bonds. The summed E-state index contributed by atoms with van der Waals surface area (Å²) in [7, 11) is 0. The van der Waals surface area contributed by atoms with E-state index in [-0.39, 0.29) is 6.61 Å². The molecule has 1 heterocycles. The fraction of sp³-hybridized carbons (Fsp3) is 0.200. The highest BCUT2D eigenvalue weighted by Gasteiger charge is 2.15. The molecule has 25 heavy (non-hydrogen) atoms. The molecule has 128 valence electrons. The normalized spacial score (nSPS) is 10.5. The quantitative estimate of drug-likeness (QED) is 0.630. The van der Waals surface area contributed by atoms with Crippen LogP contribution in [0.2, 0.25) is 0 Å². The van der Waals surface area contributed by atoms with Gasteiger partial charge in [0.2, 0.25) is 0 Å². The molecule has 3 rings (SSSR count). The van der Waals surface area contributed by atoms with Crippen molar-refractivity contribution in [3.05, 3.63) is 82.7 Å². The van der Waals surface area contributed by atoms with Crippen molar-refractivity contribution in [1.82, 2.24) is 5.16 Å². The summed E-state index contributed by atoms with van der Waals surface area (Å²) in [6, 6.07) is 16.8. The van der Waals surface area contributed by atoms with Gasteiger partial charge in [-0.3, -0.25) is 0 Å². The Labute approximate surface area is 146 Å². The number of carbonyl (C=O) groups is 1. The van der Waals surface area contributed by atoms with Gasteiger partial charge in [0.25, 0.3) is 0 Å². The second-order valence-electron chi connectivity index (χ2n) is 5.78.